The van der Waals surface area contributed by atoms with Gasteiger partial charge >= 0.3 is 0 Å². The van der Waals surface area contributed by atoms with Crippen LogP contribution in [0.5, 0.6) is 0 Å². The van der Waals surface area contributed by atoms with E-state index in [0.717, 1.165) is 19.3 Å². The number of rotatable bonds is 2. The molecule has 2 aromatic rings. The van der Waals surface area contributed by atoms with Crippen molar-refractivity contribution in [2.45, 2.75) is 31.9 Å². The Morgan fingerprint density at radius 2 is 2.20 bits per heavy atom. The summed E-state index contributed by atoms with van der Waals surface area (Å²) in [4.78, 5) is 0. The number of ether oxygens (including phenoxy) is 1. The van der Waals surface area contributed by atoms with E-state index >= 15 is 0 Å². The van der Waals surface area contributed by atoms with Crippen LogP contribution in [0.3, 0.4) is 0 Å². The second kappa shape index (κ2) is 5.84. The zero-order valence-corrected chi connectivity index (χ0v) is 14.2. The third kappa shape index (κ3) is 2.59. The smallest absolute Gasteiger partial charge is 0.264 e. The first-order valence-electron chi connectivity index (χ1n) is 6.35. The maximum absolute atomic E-state index is 13.2. The zero-order chi connectivity index (χ0) is 14.3. The predicted octanol–water partition coefficient (Wildman–Crippen LogP) is 5.04. The molecule has 0 N–H and O–H groups in total. The van der Waals surface area contributed by atoms with Crippen molar-refractivity contribution >= 4 is 49.4 Å². The van der Waals surface area contributed by atoms with Gasteiger partial charge in [-0.15, -0.1) is 0 Å². The molecule has 0 spiro atoms. The molecule has 1 aliphatic rings. The summed E-state index contributed by atoms with van der Waals surface area (Å²) in [6, 6.07) is 3.29. The summed E-state index contributed by atoms with van der Waals surface area (Å²) >= 11 is 5.31. The zero-order valence-electron chi connectivity index (χ0n) is 10.5. The van der Waals surface area contributed by atoms with E-state index in [2.05, 4.69) is 21.0 Å². The van der Waals surface area contributed by atoms with Gasteiger partial charge in [0.1, 0.15) is 3.70 Å². The summed E-state index contributed by atoms with van der Waals surface area (Å²) in [5.74, 6) is 0. The van der Waals surface area contributed by atoms with E-state index in [0.29, 0.717) is 25.7 Å². The molecular formula is C13H12BrF2IN2O. The summed E-state index contributed by atoms with van der Waals surface area (Å²) in [7, 11) is 0. The Bertz CT molecular complexity index is 641. The Hall–Kier alpha value is -0.280. The van der Waals surface area contributed by atoms with Crippen LogP contribution in [0, 0.1) is 3.70 Å². The van der Waals surface area contributed by atoms with Gasteiger partial charge in [-0.3, -0.25) is 0 Å². The fourth-order valence-corrected chi connectivity index (χ4v) is 3.81. The van der Waals surface area contributed by atoms with Crippen LogP contribution < -0.4 is 0 Å². The first-order valence-corrected chi connectivity index (χ1v) is 8.22. The number of hydrogen-bond acceptors (Lipinski definition) is 2. The Labute approximate surface area is 136 Å². The maximum atomic E-state index is 13.2. The van der Waals surface area contributed by atoms with Gasteiger partial charge in [-0.05, 0) is 54.0 Å². The summed E-state index contributed by atoms with van der Waals surface area (Å²) in [6.07, 6.45) is 0.295. The molecule has 20 heavy (non-hydrogen) atoms. The number of halogens is 4. The number of hydrogen-bond donors (Lipinski definition) is 0. The van der Waals surface area contributed by atoms with E-state index < -0.39 is 6.43 Å². The highest BCUT2D eigenvalue weighted by molar-refractivity contribution is 14.1. The Kier molecular flexibility index (Phi) is 4.28. The highest BCUT2D eigenvalue weighted by Crippen LogP contribution is 2.36. The lowest BCUT2D eigenvalue weighted by Gasteiger charge is -2.23. The molecule has 3 rings (SSSR count). The second-order valence-corrected chi connectivity index (χ2v) is 6.68. The molecule has 1 aliphatic heterocycles. The molecule has 0 radical (unpaired) electrons. The van der Waals surface area contributed by atoms with Crippen LogP contribution in [-0.2, 0) is 4.74 Å². The normalized spacial score (nSPS) is 19.9. The minimum Gasteiger partial charge on any atom is -0.356 e. The van der Waals surface area contributed by atoms with Gasteiger partial charge in [0.05, 0.1) is 5.52 Å². The fraction of sp³-hybridized carbons (Fsp3) is 0.462. The van der Waals surface area contributed by atoms with Crippen LogP contribution in [0.4, 0.5) is 8.78 Å². The first kappa shape index (κ1) is 14.6. The minimum absolute atomic E-state index is 0.0147. The molecule has 0 saturated carbocycles. The number of benzene rings is 1. The number of alkyl halides is 2. The molecule has 0 amide bonds. The summed E-state index contributed by atoms with van der Waals surface area (Å²) in [5, 5.41) is 4.95. The van der Waals surface area contributed by atoms with Crippen molar-refractivity contribution in [1.29, 1.82) is 0 Å². The lowest BCUT2D eigenvalue weighted by atomic mass is 10.1. The molecular weight excluding hydrogens is 445 g/mol. The molecule has 0 bridgehead atoms. The highest BCUT2D eigenvalue weighted by Gasteiger charge is 2.24. The van der Waals surface area contributed by atoms with Crippen molar-refractivity contribution in [1.82, 2.24) is 9.78 Å². The molecule has 0 aliphatic carbocycles. The Morgan fingerprint density at radius 1 is 1.40 bits per heavy atom. The second-order valence-electron chi connectivity index (χ2n) is 4.75. The molecule has 1 aromatic carbocycles. The van der Waals surface area contributed by atoms with E-state index in [9.17, 15) is 8.78 Å². The molecule has 1 unspecified atom stereocenters. The van der Waals surface area contributed by atoms with Crippen molar-refractivity contribution in [3.63, 3.8) is 0 Å². The lowest BCUT2D eigenvalue weighted by Crippen LogP contribution is -2.19. The molecule has 7 heteroatoms. The van der Waals surface area contributed by atoms with Gasteiger partial charge in [-0.1, -0.05) is 15.9 Å². The van der Waals surface area contributed by atoms with E-state index in [-0.39, 0.29) is 11.8 Å². The van der Waals surface area contributed by atoms with Gasteiger partial charge < -0.3 is 4.74 Å². The van der Waals surface area contributed by atoms with Crippen LogP contribution >= 0.6 is 38.5 Å². The van der Waals surface area contributed by atoms with Gasteiger partial charge in [0, 0.05) is 22.0 Å². The van der Waals surface area contributed by atoms with Gasteiger partial charge in [-0.25, -0.2) is 13.5 Å². The fourth-order valence-electron chi connectivity index (χ4n) is 2.53. The summed E-state index contributed by atoms with van der Waals surface area (Å²) < 4.78 is 35.1. The van der Waals surface area contributed by atoms with Crippen molar-refractivity contribution in [3.8, 4) is 0 Å². The predicted molar refractivity (Wildman–Crippen MR) is 83.9 cm³/mol. The van der Waals surface area contributed by atoms with E-state index in [1.807, 2.05) is 28.7 Å². The number of nitrogens with zero attached hydrogens (tertiary/aromatic N) is 2. The van der Waals surface area contributed by atoms with Gasteiger partial charge in [-0.2, -0.15) is 5.10 Å². The third-order valence-electron chi connectivity index (χ3n) is 3.42. The van der Waals surface area contributed by atoms with E-state index in [4.69, 9.17) is 4.74 Å². The Morgan fingerprint density at radius 3 is 2.85 bits per heavy atom. The quantitative estimate of drug-likeness (QED) is 0.592. The SMILES string of the molecule is FC(F)c1cc(Br)cc2c1c(I)nn2C1CCCCO1. The summed E-state index contributed by atoms with van der Waals surface area (Å²) in [5.41, 5.74) is 0.715. The first-order chi connectivity index (χ1) is 9.58. The molecule has 108 valence electrons. The van der Waals surface area contributed by atoms with Gasteiger partial charge in [0.25, 0.3) is 6.43 Å². The molecule has 1 aromatic heterocycles. The molecule has 1 fully saturated rings. The van der Waals surface area contributed by atoms with Crippen molar-refractivity contribution in [2.75, 3.05) is 6.61 Å². The highest BCUT2D eigenvalue weighted by atomic mass is 127. The Balaban J connectivity index is 2.19. The number of fused-ring (bicyclic) bond motifs is 1. The monoisotopic (exact) mass is 456 g/mol. The maximum Gasteiger partial charge on any atom is 0.264 e. The average molecular weight is 457 g/mol. The van der Waals surface area contributed by atoms with Gasteiger partial charge in [0.2, 0.25) is 0 Å². The number of aromatic nitrogens is 2. The van der Waals surface area contributed by atoms with E-state index in [1.165, 1.54) is 6.07 Å². The standard InChI is InChI=1S/C13H12BrF2IN2O/c14-7-5-8(12(15)16)11-9(6-7)19(18-13(11)17)10-3-1-2-4-20-10/h5-6,10,12H,1-4H2. The van der Waals surface area contributed by atoms with Crippen molar-refractivity contribution in [3.05, 3.63) is 25.9 Å². The van der Waals surface area contributed by atoms with Crippen LogP contribution in [0.25, 0.3) is 10.9 Å². The topological polar surface area (TPSA) is 27.1 Å². The largest absolute Gasteiger partial charge is 0.356 e. The molecule has 1 atom stereocenters. The van der Waals surface area contributed by atoms with Crippen LogP contribution in [0.2, 0.25) is 0 Å². The van der Waals surface area contributed by atoms with E-state index in [1.54, 1.807) is 4.68 Å². The van der Waals surface area contributed by atoms with Crippen LogP contribution in [0.15, 0.2) is 16.6 Å². The van der Waals surface area contributed by atoms with Crippen molar-refractivity contribution in [2.24, 2.45) is 0 Å². The molecule has 2 heterocycles. The lowest BCUT2D eigenvalue weighted by molar-refractivity contribution is -0.0368. The van der Waals surface area contributed by atoms with Gasteiger partial charge in [0.15, 0.2) is 6.23 Å². The third-order valence-corrected chi connectivity index (χ3v) is 4.64. The van der Waals surface area contributed by atoms with Crippen LogP contribution in [-0.4, -0.2) is 16.4 Å². The average Bonchev–Trinajstić information content (AvgIpc) is 2.76. The van der Waals surface area contributed by atoms with Crippen LogP contribution in [0.1, 0.15) is 37.5 Å². The molecule has 3 nitrogen and oxygen atoms in total. The minimum atomic E-state index is -2.52. The molecule has 1 saturated heterocycles. The van der Waals surface area contributed by atoms with Crippen molar-refractivity contribution < 1.29 is 13.5 Å². The summed E-state index contributed by atoms with van der Waals surface area (Å²) in [6.45, 7) is 0.693.